The fourth-order valence-electron chi connectivity index (χ4n) is 3.32. The normalized spacial score (nSPS) is 16.3. The van der Waals surface area contributed by atoms with Crippen molar-refractivity contribution in [1.29, 1.82) is 0 Å². The van der Waals surface area contributed by atoms with Crippen LogP contribution in [-0.4, -0.2) is 45.3 Å². The van der Waals surface area contributed by atoms with Gasteiger partial charge in [0.15, 0.2) is 0 Å². The van der Waals surface area contributed by atoms with Gasteiger partial charge in [0.05, 0.1) is 5.25 Å². The van der Waals surface area contributed by atoms with Gasteiger partial charge in [-0.3, -0.25) is 9.59 Å². The Morgan fingerprint density at radius 1 is 1.19 bits per heavy atom. The zero-order chi connectivity index (χ0) is 19.6. The SMILES string of the molecule is Cc1cc(C)cc(-c2nnc(SC(C)C(=O)N3CCC(C(N)=O)CC3)o2)c1. The van der Waals surface area contributed by atoms with E-state index in [-0.39, 0.29) is 23.0 Å². The van der Waals surface area contributed by atoms with Crippen LogP contribution in [0.2, 0.25) is 0 Å². The highest BCUT2D eigenvalue weighted by molar-refractivity contribution is 8.00. The average Bonchev–Trinajstić information content (AvgIpc) is 3.09. The van der Waals surface area contributed by atoms with Crippen LogP contribution in [0.1, 0.15) is 30.9 Å². The number of carbonyl (C=O) groups is 2. The number of hydrogen-bond donors (Lipinski definition) is 1. The van der Waals surface area contributed by atoms with Crippen molar-refractivity contribution in [2.24, 2.45) is 11.7 Å². The predicted octanol–water partition coefficient (Wildman–Crippen LogP) is 2.56. The number of aromatic nitrogens is 2. The quantitative estimate of drug-likeness (QED) is 0.790. The van der Waals surface area contributed by atoms with Gasteiger partial charge in [-0.15, -0.1) is 10.2 Å². The Balaban J connectivity index is 1.61. The third-order valence-corrected chi connectivity index (χ3v) is 5.63. The van der Waals surface area contributed by atoms with Crippen molar-refractivity contribution in [3.05, 3.63) is 29.3 Å². The van der Waals surface area contributed by atoms with Crippen LogP contribution in [0.25, 0.3) is 11.5 Å². The van der Waals surface area contributed by atoms with Crippen LogP contribution in [0.4, 0.5) is 0 Å². The van der Waals surface area contributed by atoms with E-state index in [9.17, 15) is 9.59 Å². The van der Waals surface area contributed by atoms with Crippen LogP contribution in [0.15, 0.2) is 27.8 Å². The van der Waals surface area contributed by atoms with E-state index in [1.807, 2.05) is 32.9 Å². The van der Waals surface area contributed by atoms with Gasteiger partial charge < -0.3 is 15.1 Å². The van der Waals surface area contributed by atoms with Gasteiger partial charge in [-0.1, -0.05) is 29.0 Å². The average molecular weight is 388 g/mol. The lowest BCUT2D eigenvalue weighted by atomic mass is 9.96. The van der Waals surface area contributed by atoms with Crippen LogP contribution >= 0.6 is 11.8 Å². The molecular weight excluding hydrogens is 364 g/mol. The summed E-state index contributed by atoms with van der Waals surface area (Å²) >= 11 is 1.25. The number of carbonyl (C=O) groups excluding carboxylic acids is 2. The predicted molar refractivity (Wildman–Crippen MR) is 103 cm³/mol. The van der Waals surface area contributed by atoms with Gasteiger partial charge >= 0.3 is 0 Å². The molecule has 0 saturated carbocycles. The minimum absolute atomic E-state index is 0.00840. The molecule has 1 aliphatic heterocycles. The third-order valence-electron chi connectivity index (χ3n) is 4.71. The van der Waals surface area contributed by atoms with Gasteiger partial charge in [0.25, 0.3) is 5.22 Å². The van der Waals surface area contributed by atoms with Crippen molar-refractivity contribution in [3.8, 4) is 11.5 Å². The zero-order valence-corrected chi connectivity index (χ0v) is 16.6. The van der Waals surface area contributed by atoms with Gasteiger partial charge in [0.1, 0.15) is 0 Å². The number of benzene rings is 1. The Labute approximate surface area is 162 Å². The second-order valence-corrected chi connectivity index (χ2v) is 8.30. The minimum Gasteiger partial charge on any atom is -0.411 e. The molecule has 8 heteroatoms. The number of hydrogen-bond acceptors (Lipinski definition) is 6. The highest BCUT2D eigenvalue weighted by Gasteiger charge is 2.29. The van der Waals surface area contributed by atoms with Gasteiger partial charge in [0.2, 0.25) is 17.7 Å². The molecule has 1 aromatic heterocycles. The number of thioether (sulfide) groups is 1. The number of amides is 2. The fraction of sp³-hybridized carbons (Fsp3) is 0.474. The van der Waals surface area contributed by atoms with E-state index >= 15 is 0 Å². The standard InChI is InChI=1S/C19H24N4O3S/c1-11-8-12(2)10-15(9-11)17-21-22-19(26-17)27-13(3)18(25)23-6-4-14(5-7-23)16(20)24/h8-10,13-14H,4-7H2,1-3H3,(H2,20,24). The van der Waals surface area contributed by atoms with E-state index in [2.05, 4.69) is 16.3 Å². The summed E-state index contributed by atoms with van der Waals surface area (Å²) in [5.41, 5.74) is 8.47. The van der Waals surface area contributed by atoms with Gasteiger partial charge in [-0.2, -0.15) is 0 Å². The van der Waals surface area contributed by atoms with Gasteiger partial charge in [-0.25, -0.2) is 0 Å². The van der Waals surface area contributed by atoms with Gasteiger partial charge in [-0.05, 0) is 45.7 Å². The van der Waals surface area contributed by atoms with E-state index in [0.29, 0.717) is 37.0 Å². The summed E-state index contributed by atoms with van der Waals surface area (Å²) in [4.78, 5) is 25.7. The van der Waals surface area contributed by atoms with E-state index in [4.69, 9.17) is 10.2 Å². The molecular formula is C19H24N4O3S. The van der Waals surface area contributed by atoms with Crippen molar-refractivity contribution in [3.63, 3.8) is 0 Å². The lowest BCUT2D eigenvalue weighted by molar-refractivity contribution is -0.134. The van der Waals surface area contributed by atoms with Crippen LogP contribution in [0.3, 0.4) is 0 Å². The molecule has 2 amide bonds. The van der Waals surface area contributed by atoms with E-state index in [1.165, 1.54) is 11.8 Å². The molecule has 1 saturated heterocycles. The summed E-state index contributed by atoms with van der Waals surface area (Å²) in [6, 6.07) is 6.07. The summed E-state index contributed by atoms with van der Waals surface area (Å²) < 4.78 is 5.75. The van der Waals surface area contributed by atoms with E-state index in [1.54, 1.807) is 4.90 Å². The monoisotopic (exact) mass is 388 g/mol. The molecule has 0 aliphatic carbocycles. The first-order valence-corrected chi connectivity index (χ1v) is 9.88. The summed E-state index contributed by atoms with van der Waals surface area (Å²) in [7, 11) is 0. The number of piperidine rings is 1. The lowest BCUT2D eigenvalue weighted by Gasteiger charge is -2.31. The second-order valence-electron chi connectivity index (χ2n) is 7.01. The zero-order valence-electron chi connectivity index (χ0n) is 15.8. The Morgan fingerprint density at radius 3 is 2.41 bits per heavy atom. The molecule has 1 atom stereocenters. The largest absolute Gasteiger partial charge is 0.411 e. The molecule has 3 rings (SSSR count). The first-order chi connectivity index (χ1) is 12.8. The molecule has 27 heavy (non-hydrogen) atoms. The number of nitrogens with zero attached hydrogens (tertiary/aromatic N) is 3. The number of rotatable bonds is 5. The molecule has 7 nitrogen and oxygen atoms in total. The Bertz CT molecular complexity index is 823. The molecule has 2 N–H and O–H groups in total. The van der Waals surface area contributed by atoms with Gasteiger partial charge in [0, 0.05) is 24.6 Å². The molecule has 1 unspecified atom stereocenters. The van der Waals surface area contributed by atoms with Crippen molar-refractivity contribution in [1.82, 2.24) is 15.1 Å². The molecule has 1 aliphatic rings. The number of likely N-dealkylation sites (tertiary alicyclic amines) is 1. The smallest absolute Gasteiger partial charge is 0.277 e. The number of aryl methyl sites for hydroxylation is 2. The van der Waals surface area contributed by atoms with Crippen molar-refractivity contribution >= 4 is 23.6 Å². The summed E-state index contributed by atoms with van der Waals surface area (Å²) in [5.74, 6) is 0.0443. The van der Waals surface area contributed by atoms with Crippen LogP contribution in [-0.2, 0) is 9.59 Å². The maximum absolute atomic E-state index is 12.6. The lowest BCUT2D eigenvalue weighted by Crippen LogP contribution is -2.44. The Morgan fingerprint density at radius 2 is 1.81 bits per heavy atom. The number of nitrogens with two attached hydrogens (primary N) is 1. The highest BCUT2D eigenvalue weighted by Crippen LogP contribution is 2.29. The van der Waals surface area contributed by atoms with E-state index < -0.39 is 0 Å². The molecule has 1 fully saturated rings. The Kier molecular flexibility index (Phi) is 5.84. The van der Waals surface area contributed by atoms with Crippen molar-refractivity contribution in [2.75, 3.05) is 13.1 Å². The maximum atomic E-state index is 12.6. The molecule has 2 aromatic rings. The fourth-order valence-corrected chi connectivity index (χ4v) is 4.08. The van der Waals surface area contributed by atoms with Crippen LogP contribution in [0.5, 0.6) is 0 Å². The summed E-state index contributed by atoms with van der Waals surface area (Å²) in [5, 5.41) is 8.21. The van der Waals surface area contributed by atoms with Crippen LogP contribution in [0, 0.1) is 19.8 Å². The maximum Gasteiger partial charge on any atom is 0.277 e. The minimum atomic E-state index is -0.345. The molecule has 0 spiro atoms. The first kappa shape index (κ1) is 19.4. The highest BCUT2D eigenvalue weighted by atomic mass is 32.2. The molecule has 144 valence electrons. The first-order valence-electron chi connectivity index (χ1n) is 9.00. The second kappa shape index (κ2) is 8.12. The molecule has 0 bridgehead atoms. The molecule has 1 aromatic carbocycles. The van der Waals surface area contributed by atoms with E-state index in [0.717, 1.165) is 16.7 Å². The van der Waals surface area contributed by atoms with Crippen molar-refractivity contribution < 1.29 is 14.0 Å². The third kappa shape index (κ3) is 4.68. The topological polar surface area (TPSA) is 102 Å². The summed E-state index contributed by atoms with van der Waals surface area (Å²) in [6.07, 6.45) is 1.24. The molecule has 2 heterocycles. The number of primary amides is 1. The summed E-state index contributed by atoms with van der Waals surface area (Å²) in [6.45, 7) is 6.97. The van der Waals surface area contributed by atoms with Crippen molar-refractivity contribution in [2.45, 2.75) is 44.1 Å². The van der Waals surface area contributed by atoms with Crippen LogP contribution < -0.4 is 5.73 Å². The molecule has 0 radical (unpaired) electrons. The Hall–Kier alpha value is -2.35.